The summed E-state index contributed by atoms with van der Waals surface area (Å²) in [6.07, 6.45) is 2.22. The number of nitrogens with one attached hydrogen (secondary N) is 1. The Morgan fingerprint density at radius 2 is 2.12 bits per heavy atom. The number of carbonyl (C=O) groups excluding carboxylic acids is 2. The first-order valence-electron chi connectivity index (χ1n) is 5.71. The molecule has 0 radical (unpaired) electrons. The molecule has 0 aromatic heterocycles. The molecule has 1 aliphatic carbocycles. The predicted octanol–water partition coefficient (Wildman–Crippen LogP) is 0.183. The lowest BCUT2D eigenvalue weighted by Gasteiger charge is -2.22. The molecule has 0 aromatic carbocycles. The number of nitrogens with two attached hydrogens (primary N) is 1. The predicted molar refractivity (Wildman–Crippen MR) is 59.6 cm³/mol. The zero-order valence-corrected chi connectivity index (χ0v) is 9.91. The highest BCUT2D eigenvalue weighted by Gasteiger charge is 2.43. The van der Waals surface area contributed by atoms with Crippen LogP contribution in [0.1, 0.15) is 33.1 Å². The number of carbonyl (C=O) groups is 2. The average Bonchev–Trinajstić information content (AvgIpc) is 3.01. The van der Waals surface area contributed by atoms with Gasteiger partial charge in [-0.25, -0.2) is 0 Å². The van der Waals surface area contributed by atoms with Crippen molar-refractivity contribution < 1.29 is 14.3 Å². The summed E-state index contributed by atoms with van der Waals surface area (Å²) >= 11 is 0. The van der Waals surface area contributed by atoms with Crippen LogP contribution in [0.5, 0.6) is 0 Å². The Hall–Kier alpha value is -1.10. The Labute approximate surface area is 95.7 Å². The fourth-order valence-electron chi connectivity index (χ4n) is 1.57. The summed E-state index contributed by atoms with van der Waals surface area (Å²) < 4.78 is 4.75. The molecule has 1 aliphatic rings. The van der Waals surface area contributed by atoms with E-state index < -0.39 is 5.54 Å². The molecule has 1 unspecified atom stereocenters. The van der Waals surface area contributed by atoms with Gasteiger partial charge in [-0.3, -0.25) is 9.59 Å². The van der Waals surface area contributed by atoms with Gasteiger partial charge in [-0.2, -0.15) is 0 Å². The maximum Gasteiger partial charge on any atom is 0.307 e. The summed E-state index contributed by atoms with van der Waals surface area (Å²) in [7, 11) is 0. The van der Waals surface area contributed by atoms with E-state index in [4.69, 9.17) is 10.5 Å². The Balaban J connectivity index is 2.22. The standard InChI is InChI=1S/C11H20N2O3/c1-3-16-9(14)6-7-13-10(15)11(2,12)8-4-5-8/h8H,3-7,12H2,1-2H3,(H,13,15). The summed E-state index contributed by atoms with van der Waals surface area (Å²) in [5.74, 6) is -0.192. The van der Waals surface area contributed by atoms with Gasteiger partial charge in [0.15, 0.2) is 0 Å². The monoisotopic (exact) mass is 228 g/mol. The van der Waals surface area contributed by atoms with Gasteiger partial charge in [0.05, 0.1) is 18.6 Å². The topological polar surface area (TPSA) is 81.4 Å². The zero-order chi connectivity index (χ0) is 12.2. The normalized spacial score (nSPS) is 18.7. The molecule has 5 heteroatoms. The summed E-state index contributed by atoms with van der Waals surface area (Å²) in [6, 6.07) is 0. The second-order valence-corrected chi connectivity index (χ2v) is 4.37. The number of esters is 1. The van der Waals surface area contributed by atoms with Crippen LogP contribution in [0, 0.1) is 5.92 Å². The van der Waals surface area contributed by atoms with E-state index in [0.29, 0.717) is 6.61 Å². The van der Waals surface area contributed by atoms with Crippen LogP contribution in [0.2, 0.25) is 0 Å². The van der Waals surface area contributed by atoms with Crippen molar-refractivity contribution in [2.45, 2.75) is 38.6 Å². The summed E-state index contributed by atoms with van der Waals surface area (Å²) in [4.78, 5) is 22.7. The fourth-order valence-corrected chi connectivity index (χ4v) is 1.57. The van der Waals surface area contributed by atoms with E-state index in [9.17, 15) is 9.59 Å². The fraction of sp³-hybridized carbons (Fsp3) is 0.818. The van der Waals surface area contributed by atoms with Crippen LogP contribution >= 0.6 is 0 Å². The van der Waals surface area contributed by atoms with Gasteiger partial charge < -0.3 is 15.8 Å². The minimum Gasteiger partial charge on any atom is -0.466 e. The Morgan fingerprint density at radius 3 is 2.62 bits per heavy atom. The van der Waals surface area contributed by atoms with Crippen LogP contribution in [0.15, 0.2) is 0 Å². The smallest absolute Gasteiger partial charge is 0.307 e. The highest BCUT2D eigenvalue weighted by molar-refractivity contribution is 5.86. The largest absolute Gasteiger partial charge is 0.466 e. The first-order chi connectivity index (χ1) is 7.48. The highest BCUT2D eigenvalue weighted by Crippen LogP contribution is 2.37. The van der Waals surface area contributed by atoms with Gasteiger partial charge >= 0.3 is 5.97 Å². The molecule has 0 spiro atoms. The first-order valence-corrected chi connectivity index (χ1v) is 5.71. The van der Waals surface area contributed by atoms with E-state index in [-0.39, 0.29) is 30.8 Å². The van der Waals surface area contributed by atoms with Crippen molar-refractivity contribution in [3.05, 3.63) is 0 Å². The first kappa shape index (κ1) is 13.0. The quantitative estimate of drug-likeness (QED) is 0.636. The van der Waals surface area contributed by atoms with Crippen LogP contribution in [0.4, 0.5) is 0 Å². The van der Waals surface area contributed by atoms with Gasteiger partial charge in [-0.1, -0.05) is 0 Å². The molecule has 1 rings (SSSR count). The van der Waals surface area contributed by atoms with Crippen molar-refractivity contribution in [1.82, 2.24) is 5.32 Å². The van der Waals surface area contributed by atoms with Gasteiger partial charge in [0.25, 0.3) is 0 Å². The molecule has 0 aliphatic heterocycles. The minimum atomic E-state index is -0.797. The highest BCUT2D eigenvalue weighted by atomic mass is 16.5. The number of amides is 1. The van der Waals surface area contributed by atoms with Crippen LogP contribution in [0.3, 0.4) is 0 Å². The molecular formula is C11H20N2O3. The van der Waals surface area contributed by atoms with E-state index in [0.717, 1.165) is 12.8 Å². The summed E-state index contributed by atoms with van der Waals surface area (Å²) in [6.45, 7) is 4.14. The van der Waals surface area contributed by atoms with E-state index in [2.05, 4.69) is 5.32 Å². The molecule has 1 atom stereocenters. The molecular weight excluding hydrogens is 208 g/mol. The number of hydrogen-bond acceptors (Lipinski definition) is 4. The third-order valence-electron chi connectivity index (χ3n) is 2.83. The maximum atomic E-state index is 11.7. The molecule has 0 saturated heterocycles. The van der Waals surface area contributed by atoms with Crippen LogP contribution in [-0.4, -0.2) is 30.6 Å². The Kier molecular flexibility index (Phi) is 4.29. The van der Waals surface area contributed by atoms with E-state index >= 15 is 0 Å². The van der Waals surface area contributed by atoms with Crippen molar-refractivity contribution in [1.29, 1.82) is 0 Å². The van der Waals surface area contributed by atoms with Crippen molar-refractivity contribution in [3.8, 4) is 0 Å². The number of rotatable bonds is 6. The van der Waals surface area contributed by atoms with Gasteiger partial charge in [-0.05, 0) is 32.6 Å². The molecule has 0 heterocycles. The van der Waals surface area contributed by atoms with Gasteiger partial charge in [0.1, 0.15) is 0 Å². The van der Waals surface area contributed by atoms with Crippen LogP contribution < -0.4 is 11.1 Å². The Bertz CT molecular complexity index is 272. The van der Waals surface area contributed by atoms with Gasteiger partial charge in [0.2, 0.25) is 5.91 Å². The lowest BCUT2D eigenvalue weighted by atomic mass is 9.96. The van der Waals surface area contributed by atoms with Crippen molar-refractivity contribution in [2.75, 3.05) is 13.2 Å². The maximum absolute atomic E-state index is 11.7. The summed E-state index contributed by atoms with van der Waals surface area (Å²) in [5.41, 5.74) is 5.12. The van der Waals surface area contributed by atoms with Crippen molar-refractivity contribution in [2.24, 2.45) is 11.7 Å². The number of hydrogen-bond donors (Lipinski definition) is 2. The van der Waals surface area contributed by atoms with Crippen molar-refractivity contribution >= 4 is 11.9 Å². The van der Waals surface area contributed by atoms with E-state index in [1.807, 2.05) is 0 Å². The van der Waals surface area contributed by atoms with E-state index in [1.54, 1.807) is 13.8 Å². The SMILES string of the molecule is CCOC(=O)CCNC(=O)C(C)(N)C1CC1. The lowest BCUT2D eigenvalue weighted by Crippen LogP contribution is -2.53. The van der Waals surface area contributed by atoms with Crippen molar-refractivity contribution in [3.63, 3.8) is 0 Å². The second kappa shape index (κ2) is 5.30. The molecule has 1 amide bonds. The molecule has 92 valence electrons. The van der Waals surface area contributed by atoms with Crippen LogP contribution in [0.25, 0.3) is 0 Å². The lowest BCUT2D eigenvalue weighted by molar-refractivity contribution is -0.143. The molecule has 0 aromatic rings. The molecule has 3 N–H and O–H groups in total. The van der Waals surface area contributed by atoms with Gasteiger partial charge in [-0.15, -0.1) is 0 Å². The average molecular weight is 228 g/mol. The minimum absolute atomic E-state index is 0.181. The van der Waals surface area contributed by atoms with E-state index in [1.165, 1.54) is 0 Å². The molecule has 16 heavy (non-hydrogen) atoms. The molecule has 1 saturated carbocycles. The third-order valence-corrected chi connectivity index (χ3v) is 2.83. The van der Waals surface area contributed by atoms with Crippen LogP contribution in [-0.2, 0) is 14.3 Å². The second-order valence-electron chi connectivity index (χ2n) is 4.37. The summed E-state index contributed by atoms with van der Waals surface area (Å²) in [5, 5.41) is 2.67. The molecule has 0 bridgehead atoms. The zero-order valence-electron chi connectivity index (χ0n) is 9.91. The van der Waals surface area contributed by atoms with Gasteiger partial charge in [0, 0.05) is 6.54 Å². The third kappa shape index (κ3) is 3.48. The molecule has 1 fully saturated rings. The number of ether oxygens (including phenoxy) is 1. The molecule has 5 nitrogen and oxygen atoms in total. The Morgan fingerprint density at radius 1 is 1.50 bits per heavy atom.